The van der Waals surface area contributed by atoms with Crippen LogP contribution in [0.4, 0.5) is 0 Å². The van der Waals surface area contributed by atoms with Gasteiger partial charge in [-0.15, -0.1) is 0 Å². The van der Waals surface area contributed by atoms with E-state index in [4.69, 9.17) is 4.74 Å². The summed E-state index contributed by atoms with van der Waals surface area (Å²) in [5.74, 6) is 0. The maximum Gasteiger partial charge on any atom is 0.0892 e. The lowest BCUT2D eigenvalue weighted by atomic mass is 10.1. The third-order valence-electron chi connectivity index (χ3n) is 1.99. The van der Waals surface area contributed by atoms with Gasteiger partial charge >= 0.3 is 0 Å². The minimum atomic E-state index is 0.182. The molecular formula is C8H15BrO. The molecule has 1 nitrogen and oxygen atoms in total. The van der Waals surface area contributed by atoms with Crippen molar-refractivity contribution in [1.29, 1.82) is 0 Å². The Hall–Kier alpha value is 0.440. The average molecular weight is 207 g/mol. The Morgan fingerprint density at radius 1 is 1.60 bits per heavy atom. The summed E-state index contributed by atoms with van der Waals surface area (Å²) in [5.41, 5.74) is 0.182. The molecule has 0 unspecified atom stereocenters. The maximum absolute atomic E-state index is 5.43. The Bertz CT molecular complexity index is 120. The fraction of sp³-hybridized carbons (Fsp3) is 1.00. The highest BCUT2D eigenvalue weighted by Crippen LogP contribution is 2.38. The van der Waals surface area contributed by atoms with Gasteiger partial charge in [0, 0.05) is 4.83 Å². The average Bonchev–Trinajstić information content (AvgIpc) is 2.35. The Balaban J connectivity index is 2.07. The lowest BCUT2D eigenvalue weighted by molar-refractivity contribution is 0.319. The molecule has 1 saturated heterocycles. The van der Waals surface area contributed by atoms with E-state index in [1.165, 1.54) is 12.8 Å². The van der Waals surface area contributed by atoms with E-state index in [0.29, 0.717) is 10.9 Å². The minimum Gasteiger partial charge on any atom is -0.367 e. The van der Waals surface area contributed by atoms with Gasteiger partial charge in [0.2, 0.25) is 0 Å². The van der Waals surface area contributed by atoms with E-state index in [2.05, 4.69) is 36.7 Å². The molecule has 10 heavy (non-hydrogen) atoms. The standard InChI is InChI=1S/C8H15BrO/c1-6(9)4-5-7-8(2,3)10-7/h6-7H,4-5H2,1-3H3/t6-,7+/m0/s1. The van der Waals surface area contributed by atoms with Crippen molar-refractivity contribution in [2.75, 3.05) is 0 Å². The number of epoxide rings is 1. The van der Waals surface area contributed by atoms with Gasteiger partial charge < -0.3 is 4.74 Å². The van der Waals surface area contributed by atoms with E-state index in [9.17, 15) is 0 Å². The molecule has 0 aromatic rings. The molecule has 0 amide bonds. The van der Waals surface area contributed by atoms with Gasteiger partial charge in [-0.25, -0.2) is 0 Å². The van der Waals surface area contributed by atoms with E-state index in [0.717, 1.165) is 0 Å². The second-order valence-electron chi connectivity index (χ2n) is 3.57. The molecule has 0 saturated carbocycles. The van der Waals surface area contributed by atoms with Crippen molar-refractivity contribution in [3.05, 3.63) is 0 Å². The maximum atomic E-state index is 5.43. The van der Waals surface area contributed by atoms with Gasteiger partial charge in [-0.05, 0) is 26.7 Å². The summed E-state index contributed by atoms with van der Waals surface area (Å²) in [7, 11) is 0. The highest BCUT2D eigenvalue weighted by Gasteiger charge is 2.46. The number of halogens is 1. The minimum absolute atomic E-state index is 0.182. The molecule has 2 atom stereocenters. The van der Waals surface area contributed by atoms with Gasteiger partial charge in [0.05, 0.1) is 11.7 Å². The van der Waals surface area contributed by atoms with E-state index in [-0.39, 0.29) is 5.60 Å². The quantitative estimate of drug-likeness (QED) is 0.512. The highest BCUT2D eigenvalue weighted by molar-refractivity contribution is 9.09. The third-order valence-corrected chi connectivity index (χ3v) is 2.45. The molecule has 2 heteroatoms. The molecule has 1 aliphatic rings. The third kappa shape index (κ3) is 2.24. The van der Waals surface area contributed by atoms with Gasteiger partial charge in [-0.3, -0.25) is 0 Å². The summed E-state index contributed by atoms with van der Waals surface area (Å²) in [6.07, 6.45) is 2.93. The summed E-state index contributed by atoms with van der Waals surface area (Å²) in [4.78, 5) is 0.632. The molecule has 60 valence electrons. The monoisotopic (exact) mass is 206 g/mol. The number of rotatable bonds is 3. The van der Waals surface area contributed by atoms with Gasteiger partial charge in [0.25, 0.3) is 0 Å². The van der Waals surface area contributed by atoms with Crippen LogP contribution in [0.2, 0.25) is 0 Å². The molecule has 1 aliphatic heterocycles. The molecule has 0 N–H and O–H groups in total. The summed E-state index contributed by atoms with van der Waals surface area (Å²) in [5, 5.41) is 0. The van der Waals surface area contributed by atoms with Crippen LogP contribution in [0.1, 0.15) is 33.6 Å². The van der Waals surface area contributed by atoms with Crippen LogP contribution >= 0.6 is 15.9 Å². The lowest BCUT2D eigenvalue weighted by Crippen LogP contribution is -2.04. The van der Waals surface area contributed by atoms with Gasteiger partial charge in [-0.1, -0.05) is 22.9 Å². The first-order valence-corrected chi connectivity index (χ1v) is 4.76. The summed E-state index contributed by atoms with van der Waals surface area (Å²) in [6.45, 7) is 6.47. The first kappa shape index (κ1) is 8.54. The number of hydrogen-bond acceptors (Lipinski definition) is 1. The van der Waals surface area contributed by atoms with E-state index >= 15 is 0 Å². The van der Waals surface area contributed by atoms with Crippen LogP contribution in [0.3, 0.4) is 0 Å². The largest absolute Gasteiger partial charge is 0.367 e. The normalized spacial score (nSPS) is 31.8. The van der Waals surface area contributed by atoms with Crippen molar-refractivity contribution in [3.63, 3.8) is 0 Å². The van der Waals surface area contributed by atoms with Crippen LogP contribution in [-0.4, -0.2) is 16.5 Å². The molecule has 0 aromatic carbocycles. The van der Waals surface area contributed by atoms with Crippen LogP contribution in [0, 0.1) is 0 Å². The predicted molar refractivity (Wildman–Crippen MR) is 46.6 cm³/mol. The van der Waals surface area contributed by atoms with E-state index in [1.54, 1.807) is 0 Å². The van der Waals surface area contributed by atoms with Crippen molar-refractivity contribution < 1.29 is 4.74 Å². The predicted octanol–water partition coefficient (Wildman–Crippen LogP) is 2.73. The second-order valence-corrected chi connectivity index (χ2v) is 5.13. The molecule has 1 heterocycles. The molecule has 0 radical (unpaired) electrons. The lowest BCUT2D eigenvalue weighted by Gasteiger charge is -1.99. The fourth-order valence-corrected chi connectivity index (χ4v) is 1.38. The molecule has 0 spiro atoms. The molecule has 1 rings (SSSR count). The van der Waals surface area contributed by atoms with Crippen LogP contribution in [0.15, 0.2) is 0 Å². The van der Waals surface area contributed by atoms with Crippen LogP contribution in [0.25, 0.3) is 0 Å². The van der Waals surface area contributed by atoms with Crippen LogP contribution < -0.4 is 0 Å². The van der Waals surface area contributed by atoms with Crippen molar-refractivity contribution in [2.45, 2.75) is 50.1 Å². The molecule has 0 bridgehead atoms. The molecule has 0 aliphatic carbocycles. The van der Waals surface area contributed by atoms with Crippen molar-refractivity contribution in [1.82, 2.24) is 0 Å². The Labute approximate surface area is 71.3 Å². The van der Waals surface area contributed by atoms with Crippen molar-refractivity contribution in [2.24, 2.45) is 0 Å². The summed E-state index contributed by atoms with van der Waals surface area (Å²) < 4.78 is 5.43. The van der Waals surface area contributed by atoms with E-state index < -0.39 is 0 Å². The zero-order chi connectivity index (χ0) is 7.78. The number of alkyl halides is 1. The zero-order valence-corrected chi connectivity index (χ0v) is 8.44. The Morgan fingerprint density at radius 3 is 2.40 bits per heavy atom. The fourth-order valence-electron chi connectivity index (χ4n) is 1.12. The van der Waals surface area contributed by atoms with Crippen LogP contribution in [0.5, 0.6) is 0 Å². The number of ether oxygens (including phenoxy) is 1. The first-order chi connectivity index (χ1) is 4.52. The Morgan fingerprint density at radius 2 is 2.10 bits per heavy atom. The number of hydrogen-bond donors (Lipinski definition) is 0. The smallest absolute Gasteiger partial charge is 0.0892 e. The molecule has 1 fully saturated rings. The van der Waals surface area contributed by atoms with Crippen molar-refractivity contribution >= 4 is 15.9 Å². The molecule has 0 aromatic heterocycles. The van der Waals surface area contributed by atoms with Crippen molar-refractivity contribution in [3.8, 4) is 0 Å². The second kappa shape index (κ2) is 2.82. The van der Waals surface area contributed by atoms with Gasteiger partial charge in [-0.2, -0.15) is 0 Å². The van der Waals surface area contributed by atoms with Gasteiger partial charge in [0.1, 0.15) is 0 Å². The van der Waals surface area contributed by atoms with Crippen LogP contribution in [-0.2, 0) is 4.74 Å². The summed E-state index contributed by atoms with van der Waals surface area (Å²) in [6, 6.07) is 0. The summed E-state index contributed by atoms with van der Waals surface area (Å²) >= 11 is 3.51. The zero-order valence-electron chi connectivity index (χ0n) is 6.86. The SMILES string of the molecule is C[C@H](Br)CC[C@H]1OC1(C)C. The topological polar surface area (TPSA) is 12.5 Å². The Kier molecular flexibility index (Phi) is 2.41. The van der Waals surface area contributed by atoms with Gasteiger partial charge in [0.15, 0.2) is 0 Å². The highest BCUT2D eigenvalue weighted by atomic mass is 79.9. The molecular weight excluding hydrogens is 192 g/mol. The first-order valence-electron chi connectivity index (χ1n) is 3.84. The van der Waals surface area contributed by atoms with E-state index in [1.807, 2.05) is 0 Å².